The van der Waals surface area contributed by atoms with E-state index >= 15 is 0 Å². The lowest BCUT2D eigenvalue weighted by Crippen LogP contribution is -2.54. The number of hydrogen-bond acceptors (Lipinski definition) is 6. The van der Waals surface area contributed by atoms with Gasteiger partial charge in [-0.3, -0.25) is 9.69 Å². The molecule has 0 spiro atoms. The number of methoxy groups -OCH3 is 2. The molecule has 1 aromatic carbocycles. The van der Waals surface area contributed by atoms with E-state index in [0.29, 0.717) is 30.3 Å². The van der Waals surface area contributed by atoms with Crippen molar-refractivity contribution < 1.29 is 23.7 Å². The molecule has 0 aromatic heterocycles. The van der Waals surface area contributed by atoms with Gasteiger partial charge in [0.05, 0.1) is 52.7 Å². The van der Waals surface area contributed by atoms with Crippen LogP contribution in [0.1, 0.15) is 10.4 Å². The summed E-state index contributed by atoms with van der Waals surface area (Å²) < 4.78 is 21.5. The van der Waals surface area contributed by atoms with Crippen molar-refractivity contribution in [2.45, 2.75) is 12.1 Å². The summed E-state index contributed by atoms with van der Waals surface area (Å²) in [4.78, 5) is 15.0. The molecule has 132 valence electrons. The first kappa shape index (κ1) is 17.0. The lowest BCUT2D eigenvalue weighted by Gasteiger charge is -2.34. The molecule has 0 saturated carbocycles. The fraction of sp³-hybridized carbons (Fsp3) is 0.588. The lowest BCUT2D eigenvalue weighted by molar-refractivity contribution is 0.0108. The SMILES string of the molecule is COc1cc(OC)cc(C(=O)N[C@@H]2COC[C@H]2N2CCOCC2)c1. The van der Waals surface area contributed by atoms with Gasteiger partial charge in [0.2, 0.25) is 0 Å². The molecule has 2 atom stereocenters. The van der Waals surface area contributed by atoms with Gasteiger partial charge in [-0.1, -0.05) is 0 Å². The smallest absolute Gasteiger partial charge is 0.251 e. The summed E-state index contributed by atoms with van der Waals surface area (Å²) in [5.41, 5.74) is 0.513. The Morgan fingerprint density at radius 2 is 1.75 bits per heavy atom. The van der Waals surface area contributed by atoms with Gasteiger partial charge < -0.3 is 24.3 Å². The molecule has 3 rings (SSSR count). The molecule has 0 bridgehead atoms. The fourth-order valence-electron chi connectivity index (χ4n) is 3.14. The predicted molar refractivity (Wildman–Crippen MR) is 87.8 cm³/mol. The van der Waals surface area contributed by atoms with Crippen molar-refractivity contribution >= 4 is 5.91 Å². The normalized spacial score (nSPS) is 24.6. The van der Waals surface area contributed by atoms with E-state index in [1.165, 1.54) is 0 Å². The Bertz CT molecular complexity index is 552. The van der Waals surface area contributed by atoms with Crippen LogP contribution in [0.15, 0.2) is 18.2 Å². The Morgan fingerprint density at radius 3 is 2.38 bits per heavy atom. The number of nitrogens with zero attached hydrogens (tertiary/aromatic N) is 1. The maximum absolute atomic E-state index is 12.6. The van der Waals surface area contributed by atoms with Crippen LogP contribution in [-0.2, 0) is 9.47 Å². The quantitative estimate of drug-likeness (QED) is 0.846. The van der Waals surface area contributed by atoms with Crippen LogP contribution in [-0.4, -0.2) is 76.6 Å². The Kier molecular flexibility index (Phi) is 5.55. The number of hydrogen-bond donors (Lipinski definition) is 1. The van der Waals surface area contributed by atoms with Crippen molar-refractivity contribution in [3.05, 3.63) is 23.8 Å². The third-order valence-electron chi connectivity index (χ3n) is 4.50. The number of rotatable bonds is 5. The van der Waals surface area contributed by atoms with Gasteiger partial charge in [-0.2, -0.15) is 0 Å². The molecule has 0 aliphatic carbocycles. The number of nitrogens with one attached hydrogen (secondary N) is 1. The third-order valence-corrected chi connectivity index (χ3v) is 4.50. The topological polar surface area (TPSA) is 69.3 Å². The summed E-state index contributed by atoms with van der Waals surface area (Å²) in [6, 6.07) is 5.30. The molecule has 1 amide bonds. The van der Waals surface area contributed by atoms with Crippen LogP contribution in [0, 0.1) is 0 Å². The third kappa shape index (κ3) is 3.80. The first-order chi connectivity index (χ1) is 11.7. The molecule has 7 heteroatoms. The number of morpholine rings is 1. The summed E-state index contributed by atoms with van der Waals surface area (Å²) >= 11 is 0. The largest absolute Gasteiger partial charge is 0.497 e. The molecule has 2 aliphatic heterocycles. The van der Waals surface area contributed by atoms with Crippen molar-refractivity contribution in [3.8, 4) is 11.5 Å². The second-order valence-corrected chi connectivity index (χ2v) is 5.93. The van der Waals surface area contributed by atoms with E-state index < -0.39 is 0 Å². The van der Waals surface area contributed by atoms with Crippen LogP contribution in [0.2, 0.25) is 0 Å². The van der Waals surface area contributed by atoms with Crippen LogP contribution in [0.25, 0.3) is 0 Å². The van der Waals surface area contributed by atoms with Crippen LogP contribution in [0.3, 0.4) is 0 Å². The minimum Gasteiger partial charge on any atom is -0.497 e. The van der Waals surface area contributed by atoms with E-state index in [-0.39, 0.29) is 18.0 Å². The molecule has 0 radical (unpaired) electrons. The molecule has 7 nitrogen and oxygen atoms in total. The second kappa shape index (κ2) is 7.83. The predicted octanol–water partition coefficient (Wildman–Crippen LogP) is 0.533. The first-order valence-electron chi connectivity index (χ1n) is 8.14. The molecule has 2 saturated heterocycles. The van der Waals surface area contributed by atoms with Gasteiger partial charge in [0, 0.05) is 24.7 Å². The minimum atomic E-state index is -0.152. The van der Waals surface area contributed by atoms with Gasteiger partial charge in [-0.15, -0.1) is 0 Å². The number of benzene rings is 1. The van der Waals surface area contributed by atoms with Gasteiger partial charge in [0.25, 0.3) is 5.91 Å². The summed E-state index contributed by atoms with van der Waals surface area (Å²) in [6.07, 6.45) is 0. The highest BCUT2D eigenvalue weighted by atomic mass is 16.5. The van der Waals surface area contributed by atoms with E-state index in [0.717, 1.165) is 26.3 Å². The maximum atomic E-state index is 12.6. The molecule has 2 fully saturated rings. The lowest BCUT2D eigenvalue weighted by atomic mass is 10.1. The Balaban J connectivity index is 1.69. The molecule has 2 heterocycles. The van der Waals surface area contributed by atoms with Gasteiger partial charge in [0.15, 0.2) is 0 Å². The molecule has 0 unspecified atom stereocenters. The highest BCUT2D eigenvalue weighted by Gasteiger charge is 2.35. The van der Waals surface area contributed by atoms with Gasteiger partial charge >= 0.3 is 0 Å². The number of carbonyl (C=O) groups excluding carboxylic acids is 1. The van der Waals surface area contributed by atoms with Crippen LogP contribution in [0.5, 0.6) is 11.5 Å². The zero-order valence-corrected chi connectivity index (χ0v) is 14.1. The monoisotopic (exact) mass is 336 g/mol. The van der Waals surface area contributed by atoms with Crippen molar-refractivity contribution in [1.82, 2.24) is 10.2 Å². The molecule has 1 aromatic rings. The summed E-state index contributed by atoms with van der Waals surface area (Å²) in [5.74, 6) is 1.03. The van der Waals surface area contributed by atoms with Crippen LogP contribution >= 0.6 is 0 Å². The molecule has 1 N–H and O–H groups in total. The van der Waals surface area contributed by atoms with Crippen LogP contribution < -0.4 is 14.8 Å². The number of amides is 1. The zero-order valence-electron chi connectivity index (χ0n) is 14.1. The number of ether oxygens (including phenoxy) is 4. The van der Waals surface area contributed by atoms with E-state index in [1.54, 1.807) is 32.4 Å². The molecule has 24 heavy (non-hydrogen) atoms. The van der Waals surface area contributed by atoms with Gasteiger partial charge in [-0.25, -0.2) is 0 Å². The highest BCUT2D eigenvalue weighted by molar-refractivity contribution is 5.95. The first-order valence-corrected chi connectivity index (χ1v) is 8.14. The summed E-state index contributed by atoms with van der Waals surface area (Å²) in [7, 11) is 3.13. The minimum absolute atomic E-state index is 0.0344. The molecule has 2 aliphatic rings. The molecular formula is C17H24N2O5. The van der Waals surface area contributed by atoms with Gasteiger partial charge in [0.1, 0.15) is 11.5 Å². The highest BCUT2D eigenvalue weighted by Crippen LogP contribution is 2.23. The van der Waals surface area contributed by atoms with E-state index in [9.17, 15) is 4.79 Å². The average molecular weight is 336 g/mol. The van der Waals surface area contributed by atoms with Crippen molar-refractivity contribution in [2.24, 2.45) is 0 Å². The zero-order chi connectivity index (χ0) is 16.9. The van der Waals surface area contributed by atoms with E-state index in [4.69, 9.17) is 18.9 Å². The van der Waals surface area contributed by atoms with E-state index in [2.05, 4.69) is 10.2 Å². The second-order valence-electron chi connectivity index (χ2n) is 5.93. The average Bonchev–Trinajstić information content (AvgIpc) is 3.10. The fourth-order valence-corrected chi connectivity index (χ4v) is 3.14. The Labute approximate surface area is 141 Å². The Hall–Kier alpha value is -1.83. The number of carbonyl (C=O) groups is 1. The Morgan fingerprint density at radius 1 is 1.08 bits per heavy atom. The van der Waals surface area contributed by atoms with E-state index in [1.807, 2.05) is 0 Å². The standard InChI is InChI=1S/C17H24N2O5/c1-21-13-7-12(8-14(9-13)22-2)17(20)18-15-10-24-11-16(15)19-3-5-23-6-4-19/h7-9,15-16H,3-6,10-11H2,1-2H3,(H,18,20)/t15-,16-/m1/s1. The summed E-state index contributed by atoms with van der Waals surface area (Å²) in [5, 5.41) is 3.09. The summed E-state index contributed by atoms with van der Waals surface area (Å²) in [6.45, 7) is 4.34. The van der Waals surface area contributed by atoms with Crippen molar-refractivity contribution in [1.29, 1.82) is 0 Å². The van der Waals surface area contributed by atoms with Crippen molar-refractivity contribution in [2.75, 3.05) is 53.7 Å². The van der Waals surface area contributed by atoms with Gasteiger partial charge in [-0.05, 0) is 12.1 Å². The maximum Gasteiger partial charge on any atom is 0.251 e. The van der Waals surface area contributed by atoms with Crippen molar-refractivity contribution in [3.63, 3.8) is 0 Å². The molecular weight excluding hydrogens is 312 g/mol. The van der Waals surface area contributed by atoms with Crippen LogP contribution in [0.4, 0.5) is 0 Å².